The van der Waals surface area contributed by atoms with Gasteiger partial charge in [-0.05, 0) is 49.9 Å². The predicted molar refractivity (Wildman–Crippen MR) is 91.5 cm³/mol. The first kappa shape index (κ1) is 16.4. The fourth-order valence-electron chi connectivity index (χ4n) is 2.95. The molecule has 1 saturated carbocycles. The molecular formula is C19H23NO4. The zero-order valence-electron chi connectivity index (χ0n) is 13.9. The van der Waals surface area contributed by atoms with Gasteiger partial charge in [0.2, 0.25) is 5.91 Å². The Morgan fingerprint density at radius 1 is 1.25 bits per heavy atom. The molecule has 0 saturated heterocycles. The van der Waals surface area contributed by atoms with Gasteiger partial charge in [0.05, 0.1) is 19.5 Å². The van der Waals surface area contributed by atoms with Crippen molar-refractivity contribution in [1.29, 1.82) is 0 Å². The second-order valence-corrected chi connectivity index (χ2v) is 6.02. The first-order valence-corrected chi connectivity index (χ1v) is 8.41. The van der Waals surface area contributed by atoms with E-state index < -0.39 is 0 Å². The number of amides is 1. The molecule has 0 atom stereocenters. The van der Waals surface area contributed by atoms with Crippen LogP contribution in [0.4, 0.5) is 5.69 Å². The lowest BCUT2D eigenvalue weighted by Gasteiger charge is -2.17. The van der Waals surface area contributed by atoms with E-state index >= 15 is 0 Å². The lowest BCUT2D eigenvalue weighted by Crippen LogP contribution is -2.14. The van der Waals surface area contributed by atoms with E-state index in [-0.39, 0.29) is 12.0 Å². The molecule has 2 aromatic rings. The molecule has 1 aromatic carbocycles. The number of ether oxygens (including phenoxy) is 2. The molecular weight excluding hydrogens is 306 g/mol. The van der Waals surface area contributed by atoms with E-state index in [9.17, 15) is 4.79 Å². The quantitative estimate of drug-likeness (QED) is 0.828. The average Bonchev–Trinajstić information content (AvgIpc) is 3.27. The molecule has 24 heavy (non-hydrogen) atoms. The van der Waals surface area contributed by atoms with Gasteiger partial charge in [0.1, 0.15) is 5.76 Å². The van der Waals surface area contributed by atoms with Crippen LogP contribution in [0.5, 0.6) is 11.5 Å². The number of furan rings is 1. The largest absolute Gasteiger partial charge is 0.493 e. The van der Waals surface area contributed by atoms with Gasteiger partial charge in [-0.25, -0.2) is 0 Å². The van der Waals surface area contributed by atoms with Crippen LogP contribution in [0.15, 0.2) is 41.0 Å². The summed E-state index contributed by atoms with van der Waals surface area (Å²) >= 11 is 0. The fraction of sp³-hybridized carbons (Fsp3) is 0.421. The molecule has 0 aliphatic heterocycles. The van der Waals surface area contributed by atoms with Crippen molar-refractivity contribution in [2.24, 2.45) is 0 Å². The van der Waals surface area contributed by atoms with Gasteiger partial charge >= 0.3 is 0 Å². The fourth-order valence-corrected chi connectivity index (χ4v) is 2.95. The average molecular weight is 329 g/mol. The van der Waals surface area contributed by atoms with Crippen molar-refractivity contribution in [2.75, 3.05) is 12.4 Å². The molecule has 3 rings (SSSR count). The molecule has 1 N–H and O–H groups in total. The highest BCUT2D eigenvalue weighted by molar-refractivity contribution is 5.91. The summed E-state index contributed by atoms with van der Waals surface area (Å²) in [6, 6.07) is 9.18. The molecule has 0 spiro atoms. The lowest BCUT2D eigenvalue weighted by atomic mass is 10.2. The number of carbonyl (C=O) groups excluding carboxylic acids is 1. The van der Waals surface area contributed by atoms with Gasteiger partial charge in [0, 0.05) is 24.6 Å². The van der Waals surface area contributed by atoms with Crippen LogP contribution in [0.2, 0.25) is 0 Å². The number of carbonyl (C=O) groups is 1. The number of methoxy groups -OCH3 is 1. The second kappa shape index (κ2) is 7.90. The number of rotatable bonds is 7. The smallest absolute Gasteiger partial charge is 0.224 e. The molecule has 1 aliphatic carbocycles. The molecule has 0 unspecified atom stereocenters. The van der Waals surface area contributed by atoms with Crippen LogP contribution >= 0.6 is 0 Å². The van der Waals surface area contributed by atoms with E-state index in [1.165, 1.54) is 12.8 Å². The Morgan fingerprint density at radius 2 is 2.08 bits per heavy atom. The van der Waals surface area contributed by atoms with E-state index in [1.807, 2.05) is 30.3 Å². The Balaban J connectivity index is 1.60. The van der Waals surface area contributed by atoms with Gasteiger partial charge in [-0.15, -0.1) is 0 Å². The monoisotopic (exact) mass is 329 g/mol. The minimum Gasteiger partial charge on any atom is -0.493 e. The number of hydrogen-bond acceptors (Lipinski definition) is 4. The minimum atomic E-state index is -0.0524. The van der Waals surface area contributed by atoms with Gasteiger partial charge in [0.25, 0.3) is 0 Å². The van der Waals surface area contributed by atoms with Gasteiger partial charge < -0.3 is 19.2 Å². The summed E-state index contributed by atoms with van der Waals surface area (Å²) in [5, 5.41) is 2.90. The maximum absolute atomic E-state index is 12.1. The van der Waals surface area contributed by atoms with Crippen molar-refractivity contribution in [3.8, 4) is 11.5 Å². The second-order valence-electron chi connectivity index (χ2n) is 6.02. The molecule has 1 amide bonds. The zero-order chi connectivity index (χ0) is 16.8. The summed E-state index contributed by atoms with van der Waals surface area (Å²) in [6.45, 7) is 0. The van der Waals surface area contributed by atoms with Gasteiger partial charge in [-0.1, -0.05) is 0 Å². The molecule has 1 aliphatic rings. The van der Waals surface area contributed by atoms with Crippen molar-refractivity contribution in [1.82, 2.24) is 0 Å². The third-order valence-electron chi connectivity index (χ3n) is 4.22. The predicted octanol–water partition coefficient (Wildman–Crippen LogP) is 4.18. The van der Waals surface area contributed by atoms with Gasteiger partial charge in [-0.2, -0.15) is 0 Å². The third kappa shape index (κ3) is 4.31. The molecule has 1 fully saturated rings. The van der Waals surface area contributed by atoms with E-state index in [2.05, 4.69) is 5.32 Å². The maximum atomic E-state index is 12.1. The van der Waals surface area contributed by atoms with Crippen LogP contribution in [0, 0.1) is 0 Å². The molecule has 0 radical (unpaired) electrons. The van der Waals surface area contributed by atoms with Crippen molar-refractivity contribution < 1.29 is 18.7 Å². The highest BCUT2D eigenvalue weighted by Crippen LogP contribution is 2.33. The lowest BCUT2D eigenvalue weighted by molar-refractivity contribution is -0.116. The van der Waals surface area contributed by atoms with Crippen LogP contribution in [0.3, 0.4) is 0 Å². The maximum Gasteiger partial charge on any atom is 0.224 e. The van der Waals surface area contributed by atoms with Crippen LogP contribution in [-0.4, -0.2) is 19.1 Å². The standard InChI is InChI=1S/C19H23NO4/c1-22-17-10-8-14(13-18(17)24-16-5-2-3-6-16)20-19(21)11-9-15-7-4-12-23-15/h4,7-8,10,12-13,16H,2-3,5-6,9,11H2,1H3,(H,20,21). The number of aryl methyl sites for hydroxylation is 1. The Morgan fingerprint density at radius 3 is 2.79 bits per heavy atom. The SMILES string of the molecule is COc1ccc(NC(=O)CCc2ccco2)cc1OC1CCCC1. The topological polar surface area (TPSA) is 60.7 Å². The van der Waals surface area contributed by atoms with Crippen molar-refractivity contribution in [2.45, 2.75) is 44.6 Å². The van der Waals surface area contributed by atoms with Crippen LogP contribution in [-0.2, 0) is 11.2 Å². The molecule has 1 aromatic heterocycles. The first-order valence-electron chi connectivity index (χ1n) is 8.41. The van der Waals surface area contributed by atoms with E-state index in [0.29, 0.717) is 30.0 Å². The van der Waals surface area contributed by atoms with E-state index in [0.717, 1.165) is 18.6 Å². The molecule has 1 heterocycles. The van der Waals surface area contributed by atoms with Crippen LogP contribution in [0.25, 0.3) is 0 Å². The van der Waals surface area contributed by atoms with Crippen molar-refractivity contribution in [3.63, 3.8) is 0 Å². The summed E-state index contributed by atoms with van der Waals surface area (Å²) in [4.78, 5) is 12.1. The van der Waals surface area contributed by atoms with Crippen molar-refractivity contribution in [3.05, 3.63) is 42.4 Å². The Labute approximate surface area is 141 Å². The molecule has 128 valence electrons. The normalized spacial score (nSPS) is 14.5. The molecule has 5 heteroatoms. The summed E-state index contributed by atoms with van der Waals surface area (Å²) in [5.41, 5.74) is 0.716. The van der Waals surface area contributed by atoms with Gasteiger partial charge in [0.15, 0.2) is 11.5 Å². The number of hydrogen-bond donors (Lipinski definition) is 1. The number of benzene rings is 1. The minimum absolute atomic E-state index is 0.0524. The summed E-state index contributed by atoms with van der Waals surface area (Å²) in [7, 11) is 1.62. The molecule has 5 nitrogen and oxygen atoms in total. The van der Waals surface area contributed by atoms with Crippen molar-refractivity contribution >= 4 is 11.6 Å². The van der Waals surface area contributed by atoms with E-state index in [4.69, 9.17) is 13.9 Å². The summed E-state index contributed by atoms with van der Waals surface area (Å²) in [6.07, 6.45) is 7.36. The van der Waals surface area contributed by atoms with E-state index in [1.54, 1.807) is 13.4 Å². The highest BCUT2D eigenvalue weighted by Gasteiger charge is 2.19. The Kier molecular flexibility index (Phi) is 5.41. The Bertz CT molecular complexity index is 660. The summed E-state index contributed by atoms with van der Waals surface area (Å²) in [5.74, 6) is 2.14. The summed E-state index contributed by atoms with van der Waals surface area (Å²) < 4.78 is 16.7. The third-order valence-corrected chi connectivity index (χ3v) is 4.22. The van der Waals surface area contributed by atoms with Crippen LogP contribution in [0.1, 0.15) is 37.9 Å². The highest BCUT2D eigenvalue weighted by atomic mass is 16.5. The number of nitrogens with one attached hydrogen (secondary N) is 1. The molecule has 0 bridgehead atoms. The zero-order valence-corrected chi connectivity index (χ0v) is 13.9. The van der Waals surface area contributed by atoms with Gasteiger partial charge in [-0.3, -0.25) is 4.79 Å². The van der Waals surface area contributed by atoms with Crippen LogP contribution < -0.4 is 14.8 Å². The first-order chi connectivity index (χ1) is 11.7. The Hall–Kier alpha value is -2.43. The number of anilines is 1.